The van der Waals surface area contributed by atoms with E-state index in [2.05, 4.69) is 10.1 Å². The number of nitro groups is 1. The van der Waals surface area contributed by atoms with E-state index in [1.54, 1.807) is 10.8 Å². The standard InChI is InChI=1S/C18H18N4O5S/c1-11-15(12(2)21(20-11)14-7-8-28(25,26)10-14)4-6-18-19-16-9-13(22(23)24)3-5-17(16)27-18/h3-6,9,14H,7-8,10H2,1-2H3/b6-4+/t14-/m0/s1. The van der Waals surface area contributed by atoms with Crippen molar-refractivity contribution in [2.24, 2.45) is 0 Å². The Labute approximate surface area is 160 Å². The van der Waals surface area contributed by atoms with Gasteiger partial charge in [0.2, 0.25) is 5.89 Å². The first kappa shape index (κ1) is 18.4. The third-order valence-corrected chi connectivity index (χ3v) is 6.68. The molecule has 0 saturated carbocycles. The van der Waals surface area contributed by atoms with E-state index in [-0.39, 0.29) is 23.2 Å². The highest BCUT2D eigenvalue weighted by atomic mass is 32.2. The van der Waals surface area contributed by atoms with Gasteiger partial charge in [-0.15, -0.1) is 0 Å². The second kappa shape index (κ2) is 6.55. The molecule has 1 atom stereocenters. The predicted molar refractivity (Wildman–Crippen MR) is 104 cm³/mol. The van der Waals surface area contributed by atoms with E-state index in [1.807, 2.05) is 19.9 Å². The average molecular weight is 402 g/mol. The Morgan fingerprint density at radius 3 is 2.79 bits per heavy atom. The molecule has 0 unspecified atom stereocenters. The molecule has 28 heavy (non-hydrogen) atoms. The van der Waals surface area contributed by atoms with Gasteiger partial charge in [0.1, 0.15) is 5.52 Å². The fourth-order valence-corrected chi connectivity index (χ4v) is 5.21. The van der Waals surface area contributed by atoms with Crippen LogP contribution in [-0.4, -0.2) is 39.6 Å². The van der Waals surface area contributed by atoms with E-state index in [4.69, 9.17) is 4.42 Å². The van der Waals surface area contributed by atoms with E-state index in [1.165, 1.54) is 18.2 Å². The lowest BCUT2D eigenvalue weighted by molar-refractivity contribution is -0.384. The third-order valence-electron chi connectivity index (χ3n) is 4.93. The monoisotopic (exact) mass is 402 g/mol. The molecule has 1 aliphatic heterocycles. The number of hydrogen-bond donors (Lipinski definition) is 0. The number of rotatable bonds is 4. The van der Waals surface area contributed by atoms with Crippen molar-refractivity contribution < 1.29 is 17.8 Å². The zero-order valence-electron chi connectivity index (χ0n) is 15.3. The van der Waals surface area contributed by atoms with Gasteiger partial charge in [-0.3, -0.25) is 14.8 Å². The van der Waals surface area contributed by atoms with Crippen LogP contribution in [0.25, 0.3) is 23.3 Å². The number of aromatic nitrogens is 3. The lowest BCUT2D eigenvalue weighted by Gasteiger charge is -2.10. The Balaban J connectivity index is 1.63. The molecule has 0 N–H and O–H groups in total. The molecule has 2 aromatic heterocycles. The van der Waals surface area contributed by atoms with Crippen molar-refractivity contribution in [1.82, 2.24) is 14.8 Å². The number of non-ortho nitro benzene ring substituents is 1. The Bertz CT molecular complexity index is 1220. The maximum Gasteiger partial charge on any atom is 0.271 e. The maximum absolute atomic E-state index is 11.8. The Hall–Kier alpha value is -3.01. The Morgan fingerprint density at radius 1 is 1.32 bits per heavy atom. The fourth-order valence-electron chi connectivity index (χ4n) is 3.51. The number of aryl methyl sites for hydroxylation is 1. The minimum absolute atomic E-state index is 0.0455. The number of fused-ring (bicyclic) bond motifs is 1. The predicted octanol–water partition coefficient (Wildman–Crippen LogP) is 3.08. The number of hydrogen-bond acceptors (Lipinski definition) is 7. The average Bonchev–Trinajstić information content (AvgIpc) is 3.28. The number of nitro benzene ring substituents is 1. The summed E-state index contributed by atoms with van der Waals surface area (Å²) in [6.07, 6.45) is 4.06. The third kappa shape index (κ3) is 3.31. The van der Waals surface area contributed by atoms with Gasteiger partial charge < -0.3 is 4.42 Å². The van der Waals surface area contributed by atoms with Crippen molar-refractivity contribution in [2.75, 3.05) is 11.5 Å². The first-order valence-corrected chi connectivity index (χ1v) is 10.5. The van der Waals surface area contributed by atoms with E-state index in [9.17, 15) is 18.5 Å². The molecule has 0 aliphatic carbocycles. The van der Waals surface area contributed by atoms with E-state index >= 15 is 0 Å². The van der Waals surface area contributed by atoms with Crippen LogP contribution in [0.1, 0.15) is 35.3 Å². The smallest absolute Gasteiger partial charge is 0.271 e. The van der Waals surface area contributed by atoms with Gasteiger partial charge in [0.25, 0.3) is 5.69 Å². The van der Waals surface area contributed by atoms with E-state index in [0.717, 1.165) is 17.0 Å². The molecule has 0 radical (unpaired) electrons. The van der Waals surface area contributed by atoms with Crippen molar-refractivity contribution in [3.63, 3.8) is 0 Å². The molecule has 10 heteroatoms. The molecule has 4 rings (SSSR count). The SMILES string of the molecule is Cc1nn([C@H]2CCS(=O)(=O)C2)c(C)c1/C=C/c1nc2cc([N+](=O)[O-])ccc2o1. The molecule has 3 heterocycles. The van der Waals surface area contributed by atoms with Gasteiger partial charge >= 0.3 is 0 Å². The summed E-state index contributed by atoms with van der Waals surface area (Å²) in [5.41, 5.74) is 3.36. The lowest BCUT2D eigenvalue weighted by atomic mass is 10.1. The van der Waals surface area contributed by atoms with Gasteiger partial charge in [0, 0.05) is 29.5 Å². The van der Waals surface area contributed by atoms with Gasteiger partial charge in [-0.1, -0.05) is 0 Å². The summed E-state index contributed by atoms with van der Waals surface area (Å²) in [4.78, 5) is 14.7. The number of sulfone groups is 1. The van der Waals surface area contributed by atoms with Crippen LogP contribution in [0.4, 0.5) is 5.69 Å². The van der Waals surface area contributed by atoms with Crippen LogP contribution in [0.15, 0.2) is 22.6 Å². The molecule has 1 saturated heterocycles. The van der Waals surface area contributed by atoms with Gasteiger partial charge in [-0.05, 0) is 32.4 Å². The summed E-state index contributed by atoms with van der Waals surface area (Å²) in [5, 5.41) is 15.4. The summed E-state index contributed by atoms with van der Waals surface area (Å²) in [6, 6.07) is 4.11. The first-order valence-electron chi connectivity index (χ1n) is 8.73. The molecule has 146 valence electrons. The van der Waals surface area contributed by atoms with Gasteiger partial charge in [0.05, 0.1) is 28.2 Å². The van der Waals surface area contributed by atoms with E-state index < -0.39 is 14.8 Å². The molecular formula is C18H18N4O5S. The molecule has 3 aromatic rings. The zero-order valence-corrected chi connectivity index (χ0v) is 16.1. The number of benzene rings is 1. The molecule has 0 spiro atoms. The molecule has 0 bridgehead atoms. The van der Waals surface area contributed by atoms with Crippen LogP contribution in [0, 0.1) is 24.0 Å². The highest BCUT2D eigenvalue weighted by Crippen LogP contribution is 2.28. The molecule has 9 nitrogen and oxygen atoms in total. The second-order valence-electron chi connectivity index (χ2n) is 6.88. The molecule has 1 aliphatic rings. The normalized spacial score (nSPS) is 19.0. The Kier molecular flexibility index (Phi) is 4.30. The van der Waals surface area contributed by atoms with Gasteiger partial charge in [0.15, 0.2) is 15.4 Å². The largest absolute Gasteiger partial charge is 0.437 e. The lowest BCUT2D eigenvalue weighted by Crippen LogP contribution is -2.13. The molecular weight excluding hydrogens is 384 g/mol. The quantitative estimate of drug-likeness (QED) is 0.485. The summed E-state index contributed by atoms with van der Waals surface area (Å²) in [7, 11) is -3.00. The van der Waals surface area contributed by atoms with Crippen LogP contribution in [0.5, 0.6) is 0 Å². The van der Waals surface area contributed by atoms with Crippen molar-refractivity contribution >= 4 is 38.8 Å². The zero-order chi connectivity index (χ0) is 20.1. The van der Waals surface area contributed by atoms with Crippen molar-refractivity contribution in [3.8, 4) is 0 Å². The van der Waals surface area contributed by atoms with E-state index in [0.29, 0.717) is 23.4 Å². The summed E-state index contributed by atoms with van der Waals surface area (Å²) in [5.74, 6) is 0.628. The van der Waals surface area contributed by atoms with Crippen LogP contribution in [-0.2, 0) is 9.84 Å². The van der Waals surface area contributed by atoms with Crippen LogP contribution < -0.4 is 0 Å². The number of oxazole rings is 1. The van der Waals surface area contributed by atoms with Crippen molar-refractivity contribution in [1.29, 1.82) is 0 Å². The molecule has 1 aromatic carbocycles. The fraction of sp³-hybridized carbons (Fsp3) is 0.333. The van der Waals surface area contributed by atoms with Crippen LogP contribution >= 0.6 is 0 Å². The highest BCUT2D eigenvalue weighted by Gasteiger charge is 2.31. The minimum atomic E-state index is -3.00. The molecule has 1 fully saturated rings. The van der Waals surface area contributed by atoms with Crippen molar-refractivity contribution in [3.05, 3.63) is 51.2 Å². The topological polar surface area (TPSA) is 121 Å². The van der Waals surface area contributed by atoms with Gasteiger partial charge in [-0.2, -0.15) is 5.10 Å². The summed E-state index contributed by atoms with van der Waals surface area (Å²) in [6.45, 7) is 3.77. The maximum atomic E-state index is 11.8. The summed E-state index contributed by atoms with van der Waals surface area (Å²) >= 11 is 0. The highest BCUT2D eigenvalue weighted by molar-refractivity contribution is 7.91. The number of nitrogens with zero attached hydrogens (tertiary/aromatic N) is 4. The van der Waals surface area contributed by atoms with Crippen LogP contribution in [0.3, 0.4) is 0 Å². The Morgan fingerprint density at radius 2 is 2.11 bits per heavy atom. The minimum Gasteiger partial charge on any atom is -0.437 e. The van der Waals surface area contributed by atoms with Gasteiger partial charge in [-0.25, -0.2) is 13.4 Å². The molecule has 0 amide bonds. The first-order chi connectivity index (χ1) is 13.2. The van der Waals surface area contributed by atoms with Crippen LogP contribution in [0.2, 0.25) is 0 Å². The van der Waals surface area contributed by atoms with Crippen molar-refractivity contribution in [2.45, 2.75) is 26.3 Å². The second-order valence-corrected chi connectivity index (χ2v) is 9.11. The summed E-state index contributed by atoms with van der Waals surface area (Å²) < 4.78 is 30.9.